The lowest BCUT2D eigenvalue weighted by atomic mass is 10.1. The van der Waals surface area contributed by atoms with E-state index in [-0.39, 0.29) is 12.3 Å². The summed E-state index contributed by atoms with van der Waals surface area (Å²) in [7, 11) is 0. The predicted octanol–water partition coefficient (Wildman–Crippen LogP) is 2.62. The van der Waals surface area contributed by atoms with Gasteiger partial charge in [-0.1, -0.05) is 60.7 Å². The fourth-order valence-corrected chi connectivity index (χ4v) is 2.11. The van der Waals surface area contributed by atoms with Crippen molar-refractivity contribution in [2.45, 2.75) is 32.0 Å². The van der Waals surface area contributed by atoms with Gasteiger partial charge in [0.15, 0.2) is 0 Å². The van der Waals surface area contributed by atoms with Gasteiger partial charge in [-0.2, -0.15) is 0 Å². The van der Waals surface area contributed by atoms with Gasteiger partial charge in [0.2, 0.25) is 5.91 Å². The summed E-state index contributed by atoms with van der Waals surface area (Å²) in [6, 6.07) is 19.5. The van der Waals surface area contributed by atoms with Crippen LogP contribution in [0.4, 0.5) is 0 Å². The molecule has 0 aromatic heterocycles. The number of hydroxylamine groups is 1. The Bertz CT molecular complexity index is 557. The summed E-state index contributed by atoms with van der Waals surface area (Å²) in [6.07, 6.45) is 0.679. The van der Waals surface area contributed by atoms with Crippen molar-refractivity contribution < 1.29 is 14.7 Å². The summed E-state index contributed by atoms with van der Waals surface area (Å²) in [5.74, 6) is -0.309. The van der Waals surface area contributed by atoms with Crippen LogP contribution in [0, 0.1) is 0 Å². The summed E-state index contributed by atoms with van der Waals surface area (Å²) >= 11 is 0. The Morgan fingerprint density at radius 1 is 1.00 bits per heavy atom. The highest BCUT2D eigenvalue weighted by atomic mass is 16.6. The number of hydrogen-bond donors (Lipinski definition) is 2. The average molecular weight is 299 g/mol. The lowest BCUT2D eigenvalue weighted by molar-refractivity contribution is -0.136. The van der Waals surface area contributed by atoms with Crippen molar-refractivity contribution in [3.05, 3.63) is 71.8 Å². The van der Waals surface area contributed by atoms with Gasteiger partial charge in [-0.3, -0.25) is 9.63 Å². The van der Waals surface area contributed by atoms with Gasteiger partial charge in [0.1, 0.15) is 0 Å². The highest BCUT2D eigenvalue weighted by Crippen LogP contribution is 2.07. The fraction of sp³-hybridized carbons (Fsp3) is 0.278. The van der Waals surface area contributed by atoms with Gasteiger partial charge in [-0.25, -0.2) is 5.48 Å². The number of carbonyl (C=O) groups is 1. The standard InChI is InChI=1S/C18H21NO3/c20-17(12-11-15-7-3-1-4-8-15)13-18(21)19-22-14-16-9-5-2-6-10-16/h1-10,17,20H,11-14H2,(H,19,21)/t17-/m1/s1. The number of aryl methyl sites for hydroxylation is 1. The smallest absolute Gasteiger partial charge is 0.246 e. The zero-order chi connectivity index (χ0) is 15.6. The number of nitrogens with one attached hydrogen (secondary N) is 1. The number of amides is 1. The Labute approximate surface area is 130 Å². The second-order valence-electron chi connectivity index (χ2n) is 5.18. The number of aliphatic hydroxyl groups excluding tert-OH is 1. The normalized spacial score (nSPS) is 11.9. The number of benzene rings is 2. The van der Waals surface area contributed by atoms with Crippen LogP contribution in [0.1, 0.15) is 24.0 Å². The van der Waals surface area contributed by atoms with Gasteiger partial charge in [0.05, 0.1) is 19.1 Å². The van der Waals surface area contributed by atoms with Crippen LogP contribution in [0.3, 0.4) is 0 Å². The molecule has 4 heteroatoms. The Balaban J connectivity index is 1.62. The van der Waals surface area contributed by atoms with Gasteiger partial charge in [0.25, 0.3) is 0 Å². The SMILES string of the molecule is O=C(C[C@H](O)CCc1ccccc1)NOCc1ccccc1. The van der Waals surface area contributed by atoms with E-state index in [1.54, 1.807) is 0 Å². The first-order valence-electron chi connectivity index (χ1n) is 7.40. The summed E-state index contributed by atoms with van der Waals surface area (Å²) < 4.78 is 0. The fourth-order valence-electron chi connectivity index (χ4n) is 2.11. The van der Waals surface area contributed by atoms with E-state index >= 15 is 0 Å². The summed E-state index contributed by atoms with van der Waals surface area (Å²) in [4.78, 5) is 16.8. The number of carbonyl (C=O) groups excluding carboxylic acids is 1. The van der Waals surface area contributed by atoms with Gasteiger partial charge < -0.3 is 5.11 Å². The monoisotopic (exact) mass is 299 g/mol. The molecule has 0 aliphatic rings. The van der Waals surface area contributed by atoms with E-state index in [0.717, 1.165) is 17.5 Å². The lowest BCUT2D eigenvalue weighted by Crippen LogP contribution is -2.27. The van der Waals surface area contributed by atoms with E-state index < -0.39 is 6.10 Å². The molecule has 0 unspecified atom stereocenters. The summed E-state index contributed by atoms with van der Waals surface area (Å²) in [5.41, 5.74) is 4.50. The Hall–Kier alpha value is -2.17. The third kappa shape index (κ3) is 6.08. The maximum atomic E-state index is 11.7. The molecule has 0 spiro atoms. The minimum atomic E-state index is -0.666. The largest absolute Gasteiger partial charge is 0.393 e. The molecular formula is C18H21NO3. The molecule has 2 rings (SSSR count). The predicted molar refractivity (Wildman–Crippen MR) is 84.8 cm³/mol. The molecule has 0 aliphatic carbocycles. The minimum absolute atomic E-state index is 0.0433. The first kappa shape index (κ1) is 16.2. The Morgan fingerprint density at radius 2 is 1.59 bits per heavy atom. The van der Waals surface area contributed by atoms with Crippen LogP contribution in [0.25, 0.3) is 0 Å². The maximum Gasteiger partial charge on any atom is 0.246 e. The maximum absolute atomic E-state index is 11.7. The number of aliphatic hydroxyl groups is 1. The van der Waals surface area contributed by atoms with Crippen molar-refractivity contribution in [2.24, 2.45) is 0 Å². The van der Waals surface area contributed by atoms with E-state index in [9.17, 15) is 9.90 Å². The van der Waals surface area contributed by atoms with Gasteiger partial charge in [0, 0.05) is 0 Å². The van der Waals surface area contributed by atoms with E-state index in [0.29, 0.717) is 13.0 Å². The Morgan fingerprint density at radius 3 is 2.23 bits per heavy atom. The summed E-state index contributed by atoms with van der Waals surface area (Å²) in [6.45, 7) is 0.312. The van der Waals surface area contributed by atoms with E-state index in [1.165, 1.54) is 0 Å². The van der Waals surface area contributed by atoms with E-state index in [4.69, 9.17) is 4.84 Å². The van der Waals surface area contributed by atoms with Crippen LogP contribution in [-0.4, -0.2) is 17.1 Å². The molecule has 22 heavy (non-hydrogen) atoms. The molecule has 2 aromatic carbocycles. The summed E-state index contributed by atoms with van der Waals surface area (Å²) in [5, 5.41) is 9.88. The molecule has 2 aromatic rings. The van der Waals surface area contributed by atoms with Gasteiger partial charge in [-0.15, -0.1) is 0 Å². The molecule has 0 saturated heterocycles. The van der Waals surface area contributed by atoms with Crippen molar-refractivity contribution in [2.75, 3.05) is 0 Å². The number of hydrogen-bond acceptors (Lipinski definition) is 3. The van der Waals surface area contributed by atoms with Crippen LogP contribution in [-0.2, 0) is 22.7 Å². The highest BCUT2D eigenvalue weighted by molar-refractivity contribution is 5.75. The highest BCUT2D eigenvalue weighted by Gasteiger charge is 2.11. The second-order valence-corrected chi connectivity index (χ2v) is 5.18. The third-order valence-electron chi connectivity index (χ3n) is 3.30. The molecule has 0 radical (unpaired) electrons. The van der Waals surface area contributed by atoms with Crippen molar-refractivity contribution >= 4 is 5.91 Å². The van der Waals surface area contributed by atoms with Gasteiger partial charge >= 0.3 is 0 Å². The zero-order valence-electron chi connectivity index (χ0n) is 12.4. The quantitative estimate of drug-likeness (QED) is 0.737. The average Bonchev–Trinajstić information content (AvgIpc) is 2.55. The topological polar surface area (TPSA) is 58.6 Å². The van der Waals surface area contributed by atoms with Crippen molar-refractivity contribution in [1.29, 1.82) is 0 Å². The molecular weight excluding hydrogens is 278 g/mol. The van der Waals surface area contributed by atoms with Crippen LogP contribution in [0.2, 0.25) is 0 Å². The molecule has 0 aliphatic heterocycles. The van der Waals surface area contributed by atoms with Crippen LogP contribution >= 0.6 is 0 Å². The third-order valence-corrected chi connectivity index (χ3v) is 3.30. The molecule has 1 atom stereocenters. The van der Waals surface area contributed by atoms with Crippen molar-refractivity contribution in [3.63, 3.8) is 0 Å². The minimum Gasteiger partial charge on any atom is -0.393 e. The van der Waals surface area contributed by atoms with E-state index in [1.807, 2.05) is 60.7 Å². The molecule has 0 fully saturated rings. The first-order chi connectivity index (χ1) is 10.7. The molecule has 2 N–H and O–H groups in total. The Kier molecular flexibility index (Phi) is 6.61. The second kappa shape index (κ2) is 8.97. The van der Waals surface area contributed by atoms with E-state index in [2.05, 4.69) is 5.48 Å². The lowest BCUT2D eigenvalue weighted by Gasteiger charge is -2.11. The van der Waals surface area contributed by atoms with Crippen molar-refractivity contribution in [3.8, 4) is 0 Å². The molecule has 1 amide bonds. The molecule has 0 bridgehead atoms. The molecule has 0 saturated carbocycles. The van der Waals surface area contributed by atoms with Crippen LogP contribution in [0.5, 0.6) is 0 Å². The van der Waals surface area contributed by atoms with Gasteiger partial charge in [-0.05, 0) is 24.0 Å². The van der Waals surface area contributed by atoms with Crippen LogP contribution in [0.15, 0.2) is 60.7 Å². The molecule has 116 valence electrons. The van der Waals surface area contributed by atoms with Crippen molar-refractivity contribution in [1.82, 2.24) is 5.48 Å². The van der Waals surface area contributed by atoms with Crippen LogP contribution < -0.4 is 5.48 Å². The first-order valence-corrected chi connectivity index (χ1v) is 7.40. The zero-order valence-corrected chi connectivity index (χ0v) is 12.4. The molecule has 0 heterocycles. The number of rotatable bonds is 8. The molecule has 4 nitrogen and oxygen atoms in total.